The van der Waals surface area contributed by atoms with Gasteiger partial charge in [-0.1, -0.05) is 24.5 Å². The molecule has 1 saturated heterocycles. The quantitative estimate of drug-likeness (QED) is 0.696. The molecule has 3 N–H and O–H groups in total. The molecule has 1 saturated carbocycles. The van der Waals surface area contributed by atoms with Gasteiger partial charge in [0.1, 0.15) is 0 Å². The minimum absolute atomic E-state index is 0.0424. The lowest BCUT2D eigenvalue weighted by atomic mass is 10.0. The lowest BCUT2D eigenvalue weighted by Crippen LogP contribution is -2.27. The van der Waals surface area contributed by atoms with Gasteiger partial charge >= 0.3 is 0 Å². The Hall–Kier alpha value is -3.38. The van der Waals surface area contributed by atoms with Crippen LogP contribution < -0.4 is 10.5 Å². The Balaban J connectivity index is 1.54. The maximum atomic E-state index is 14.3. The van der Waals surface area contributed by atoms with Crippen molar-refractivity contribution in [2.75, 3.05) is 13.6 Å². The molecule has 3 atom stereocenters. The van der Waals surface area contributed by atoms with Crippen LogP contribution in [0.3, 0.4) is 0 Å². The number of nitrogens with two attached hydrogens (primary N) is 1. The standard InChI is InChI=1S/C23H22F2N4O3/c1-13-22(31,9-10-28(13)3)8-7-14-5-4-6-15(11-14)29-20-16(18(27-29)19(26)30)12-17-21(2,32-20)23(17,24)25/h4-6,11,17,31H,1,9-10,12H2,2-3H3,(H2,26,30)/t17?,21-,22-/m0/s1. The molecule has 166 valence electrons. The summed E-state index contributed by atoms with van der Waals surface area (Å²) in [7, 11) is 1.84. The number of halogens is 2. The topological polar surface area (TPSA) is 93.6 Å². The number of likely N-dealkylation sites (tertiary alicyclic amines) is 1. The van der Waals surface area contributed by atoms with E-state index in [2.05, 4.69) is 23.5 Å². The fourth-order valence-corrected chi connectivity index (χ4v) is 4.50. The molecule has 5 rings (SSSR count). The number of primary amides is 1. The number of carbonyl (C=O) groups is 1. The lowest BCUT2D eigenvalue weighted by molar-refractivity contribution is 0.0168. The highest BCUT2D eigenvalue weighted by atomic mass is 19.3. The number of benzene rings is 1. The number of carbonyl (C=O) groups excluding carboxylic acids is 1. The zero-order chi connectivity index (χ0) is 23.1. The molecule has 1 unspecified atom stereocenters. The number of fused-ring (bicyclic) bond motifs is 2. The van der Waals surface area contributed by atoms with Crippen molar-refractivity contribution >= 4 is 5.91 Å². The first-order valence-electron chi connectivity index (χ1n) is 10.2. The summed E-state index contributed by atoms with van der Waals surface area (Å²) in [4.78, 5) is 13.8. The highest BCUT2D eigenvalue weighted by Crippen LogP contribution is 2.65. The van der Waals surface area contributed by atoms with Crippen molar-refractivity contribution in [3.63, 3.8) is 0 Å². The van der Waals surface area contributed by atoms with Gasteiger partial charge in [0, 0.05) is 31.1 Å². The number of aliphatic hydroxyl groups is 1. The van der Waals surface area contributed by atoms with Crippen LogP contribution in [0.4, 0.5) is 8.78 Å². The summed E-state index contributed by atoms with van der Waals surface area (Å²) in [6.45, 7) is 5.91. The minimum atomic E-state index is -2.99. The third-order valence-electron chi connectivity index (χ3n) is 6.82. The van der Waals surface area contributed by atoms with Crippen LogP contribution in [0.1, 0.15) is 35.0 Å². The van der Waals surface area contributed by atoms with Crippen molar-refractivity contribution in [3.05, 3.63) is 53.4 Å². The van der Waals surface area contributed by atoms with Crippen LogP contribution in [0.15, 0.2) is 36.5 Å². The molecular weight excluding hydrogens is 418 g/mol. The van der Waals surface area contributed by atoms with E-state index in [1.54, 1.807) is 24.3 Å². The number of aromatic nitrogens is 2. The Labute approximate surface area is 183 Å². The van der Waals surface area contributed by atoms with Crippen molar-refractivity contribution in [1.29, 1.82) is 0 Å². The van der Waals surface area contributed by atoms with Gasteiger partial charge in [-0.05, 0) is 31.5 Å². The lowest BCUT2D eigenvalue weighted by Gasteiger charge is -2.20. The third-order valence-corrected chi connectivity index (χ3v) is 6.82. The summed E-state index contributed by atoms with van der Waals surface area (Å²) in [6, 6.07) is 6.84. The molecule has 3 heterocycles. The van der Waals surface area contributed by atoms with Crippen LogP contribution in [0, 0.1) is 17.8 Å². The summed E-state index contributed by atoms with van der Waals surface area (Å²) < 4.78 is 35.6. The first kappa shape index (κ1) is 20.5. The number of ether oxygens (including phenoxy) is 1. The van der Waals surface area contributed by atoms with E-state index in [0.29, 0.717) is 29.9 Å². The fraction of sp³-hybridized carbons (Fsp3) is 0.391. The molecule has 0 spiro atoms. The normalized spacial score (nSPS) is 29.5. The number of alkyl halides is 2. The van der Waals surface area contributed by atoms with Gasteiger partial charge in [-0.3, -0.25) is 4.79 Å². The summed E-state index contributed by atoms with van der Waals surface area (Å²) >= 11 is 0. The second kappa shape index (κ2) is 6.33. The van der Waals surface area contributed by atoms with Gasteiger partial charge < -0.3 is 20.5 Å². The maximum absolute atomic E-state index is 14.3. The zero-order valence-corrected chi connectivity index (χ0v) is 17.7. The monoisotopic (exact) mass is 440 g/mol. The van der Waals surface area contributed by atoms with Gasteiger partial charge in [-0.25, -0.2) is 8.78 Å². The van der Waals surface area contributed by atoms with Gasteiger partial charge in [0.25, 0.3) is 11.8 Å². The molecule has 3 aliphatic rings. The predicted molar refractivity (Wildman–Crippen MR) is 111 cm³/mol. The van der Waals surface area contributed by atoms with Crippen LogP contribution in [0.25, 0.3) is 5.69 Å². The molecule has 0 bridgehead atoms. The summed E-state index contributed by atoms with van der Waals surface area (Å²) in [5.41, 5.74) is 4.29. The Morgan fingerprint density at radius 3 is 2.84 bits per heavy atom. The van der Waals surface area contributed by atoms with Crippen LogP contribution in [-0.2, 0) is 6.42 Å². The van der Waals surface area contributed by atoms with E-state index in [1.807, 2.05) is 11.9 Å². The Bertz CT molecular complexity index is 1240. The first-order valence-corrected chi connectivity index (χ1v) is 10.2. The van der Waals surface area contributed by atoms with Crippen molar-refractivity contribution < 1.29 is 23.4 Å². The number of hydrogen-bond donors (Lipinski definition) is 2. The zero-order valence-electron chi connectivity index (χ0n) is 17.7. The van der Waals surface area contributed by atoms with E-state index < -0.39 is 28.9 Å². The smallest absolute Gasteiger partial charge is 0.294 e. The highest BCUT2D eigenvalue weighted by molar-refractivity contribution is 5.93. The first-order chi connectivity index (χ1) is 15.0. The largest absolute Gasteiger partial charge is 0.464 e. The molecule has 1 amide bonds. The SMILES string of the molecule is C=C1N(C)CC[C@@]1(O)C#Cc1cccc(-n2nc(C(N)=O)c3c2O[C@@]2(C)C(C3)C2(F)F)c1. The molecule has 2 fully saturated rings. The van der Waals surface area contributed by atoms with Gasteiger partial charge in [-0.15, -0.1) is 0 Å². The van der Waals surface area contributed by atoms with Crippen LogP contribution >= 0.6 is 0 Å². The molecule has 7 nitrogen and oxygen atoms in total. The van der Waals surface area contributed by atoms with Crippen molar-refractivity contribution in [2.24, 2.45) is 11.7 Å². The fourth-order valence-electron chi connectivity index (χ4n) is 4.50. The van der Waals surface area contributed by atoms with E-state index in [9.17, 15) is 18.7 Å². The average Bonchev–Trinajstić information content (AvgIpc) is 3.02. The number of nitrogens with zero attached hydrogens (tertiary/aromatic N) is 3. The number of hydrogen-bond acceptors (Lipinski definition) is 5. The molecular formula is C23H22F2N4O3. The summed E-state index contributed by atoms with van der Waals surface area (Å²) in [6.07, 6.45) is 0.407. The van der Waals surface area contributed by atoms with Gasteiger partial charge in [0.2, 0.25) is 5.88 Å². The summed E-state index contributed by atoms with van der Waals surface area (Å²) in [5, 5.41) is 15.0. The van der Waals surface area contributed by atoms with Gasteiger partial charge in [0.05, 0.1) is 17.3 Å². The minimum Gasteiger partial charge on any atom is -0.464 e. The average molecular weight is 440 g/mol. The maximum Gasteiger partial charge on any atom is 0.294 e. The van der Waals surface area contributed by atoms with Crippen LogP contribution in [-0.4, -0.2) is 56.4 Å². The van der Waals surface area contributed by atoms with Gasteiger partial charge in [-0.2, -0.15) is 9.78 Å². The summed E-state index contributed by atoms with van der Waals surface area (Å²) in [5.74, 6) is 1.10. The van der Waals surface area contributed by atoms with Crippen LogP contribution in [0.5, 0.6) is 5.88 Å². The van der Waals surface area contributed by atoms with E-state index in [1.165, 1.54) is 11.6 Å². The Morgan fingerprint density at radius 2 is 2.19 bits per heavy atom. The molecule has 2 aliphatic heterocycles. The van der Waals surface area contributed by atoms with Crippen molar-refractivity contribution in [1.82, 2.24) is 14.7 Å². The highest BCUT2D eigenvalue weighted by Gasteiger charge is 2.82. The molecule has 2 aromatic rings. The second-order valence-electron chi connectivity index (χ2n) is 8.78. The van der Waals surface area contributed by atoms with E-state index in [0.717, 1.165) is 0 Å². The molecule has 0 radical (unpaired) electrons. The van der Waals surface area contributed by atoms with E-state index >= 15 is 0 Å². The Kier molecular flexibility index (Phi) is 4.06. The van der Waals surface area contributed by atoms with Crippen molar-refractivity contribution in [3.8, 4) is 23.4 Å². The number of likely N-dealkylation sites (N-methyl/N-ethyl adjacent to an activating group) is 1. The molecule has 9 heteroatoms. The van der Waals surface area contributed by atoms with Crippen molar-refractivity contribution in [2.45, 2.75) is 36.9 Å². The van der Waals surface area contributed by atoms with E-state index in [-0.39, 0.29) is 23.6 Å². The molecule has 1 aromatic heterocycles. The van der Waals surface area contributed by atoms with E-state index in [4.69, 9.17) is 10.5 Å². The van der Waals surface area contributed by atoms with Crippen LogP contribution in [0.2, 0.25) is 0 Å². The second-order valence-corrected chi connectivity index (χ2v) is 8.78. The molecule has 1 aromatic carbocycles. The third kappa shape index (κ3) is 2.69. The predicted octanol–water partition coefficient (Wildman–Crippen LogP) is 1.86. The molecule has 1 aliphatic carbocycles. The number of rotatable bonds is 2. The molecule has 32 heavy (non-hydrogen) atoms. The Morgan fingerprint density at radius 1 is 1.44 bits per heavy atom. The van der Waals surface area contributed by atoms with Gasteiger partial charge in [0.15, 0.2) is 16.9 Å². The number of amides is 1.